The van der Waals surface area contributed by atoms with Crippen LogP contribution in [0.25, 0.3) is 0 Å². The average Bonchev–Trinajstić information content (AvgIpc) is 2.84. The summed E-state index contributed by atoms with van der Waals surface area (Å²) in [4.78, 5) is 25.1. The van der Waals surface area contributed by atoms with Crippen LogP contribution in [0.15, 0.2) is 18.2 Å². The van der Waals surface area contributed by atoms with Gasteiger partial charge in [0, 0.05) is 30.8 Å². The molecule has 3 rings (SSSR count). The number of nitrogens with one attached hydrogen (secondary N) is 1. The van der Waals surface area contributed by atoms with E-state index in [1.54, 1.807) is 13.0 Å². The van der Waals surface area contributed by atoms with E-state index >= 15 is 0 Å². The molecule has 2 aliphatic rings. The van der Waals surface area contributed by atoms with Crippen LogP contribution in [0.5, 0.6) is 0 Å². The molecule has 2 fully saturated rings. The minimum Gasteiger partial charge on any atom is -0.339 e. The molecule has 0 aromatic heterocycles. The van der Waals surface area contributed by atoms with E-state index in [0.29, 0.717) is 17.4 Å². The quantitative estimate of drug-likeness (QED) is 0.669. The fourth-order valence-electron chi connectivity index (χ4n) is 3.60. The second-order valence-corrected chi connectivity index (χ2v) is 6.36. The number of nitro benzene ring substituents is 1. The summed E-state index contributed by atoms with van der Waals surface area (Å²) in [5.74, 6) is 1.23. The van der Waals surface area contributed by atoms with Crippen molar-refractivity contribution in [2.24, 2.45) is 11.8 Å². The van der Waals surface area contributed by atoms with Gasteiger partial charge < -0.3 is 10.2 Å². The van der Waals surface area contributed by atoms with Gasteiger partial charge in [-0.15, -0.1) is 0 Å². The molecule has 2 heterocycles. The van der Waals surface area contributed by atoms with Crippen molar-refractivity contribution in [1.82, 2.24) is 10.2 Å². The molecule has 6 heteroatoms. The maximum Gasteiger partial charge on any atom is 0.270 e. The van der Waals surface area contributed by atoms with Gasteiger partial charge in [-0.2, -0.15) is 0 Å². The van der Waals surface area contributed by atoms with Crippen molar-refractivity contribution in [2.75, 3.05) is 26.2 Å². The number of hydrogen-bond donors (Lipinski definition) is 1. The minimum absolute atomic E-state index is 0.0146. The van der Waals surface area contributed by atoms with Crippen molar-refractivity contribution < 1.29 is 9.72 Å². The first-order valence-corrected chi connectivity index (χ1v) is 7.80. The lowest BCUT2D eigenvalue weighted by molar-refractivity contribution is -0.384. The number of likely N-dealkylation sites (tertiary alicyclic amines) is 1. The zero-order chi connectivity index (χ0) is 15.7. The summed E-state index contributed by atoms with van der Waals surface area (Å²) in [5.41, 5.74) is 1.16. The number of nitro groups is 1. The Labute approximate surface area is 129 Å². The SMILES string of the molecule is Cc1cc(C(=O)N2CC[C@@H]3CNC[C@@H]3CC2)cc([N+](=O)[O-])c1. The van der Waals surface area contributed by atoms with Crippen molar-refractivity contribution >= 4 is 11.6 Å². The predicted octanol–water partition coefficient (Wildman–Crippen LogP) is 1.97. The molecule has 0 unspecified atom stereocenters. The number of aryl methyl sites for hydroxylation is 1. The van der Waals surface area contributed by atoms with Gasteiger partial charge in [0.05, 0.1) is 4.92 Å². The first-order valence-electron chi connectivity index (χ1n) is 7.80. The van der Waals surface area contributed by atoms with Crippen molar-refractivity contribution in [3.63, 3.8) is 0 Å². The fraction of sp³-hybridized carbons (Fsp3) is 0.562. The van der Waals surface area contributed by atoms with Crippen molar-refractivity contribution in [3.05, 3.63) is 39.4 Å². The topological polar surface area (TPSA) is 75.5 Å². The van der Waals surface area contributed by atoms with Crippen LogP contribution < -0.4 is 5.32 Å². The van der Waals surface area contributed by atoms with Crippen LogP contribution >= 0.6 is 0 Å². The van der Waals surface area contributed by atoms with E-state index in [1.807, 2.05) is 4.90 Å². The Hall–Kier alpha value is -1.95. The third-order valence-electron chi connectivity index (χ3n) is 4.83. The molecular formula is C16H21N3O3. The maximum absolute atomic E-state index is 12.7. The molecule has 1 N–H and O–H groups in total. The Morgan fingerprint density at radius 2 is 1.86 bits per heavy atom. The van der Waals surface area contributed by atoms with Gasteiger partial charge in [-0.25, -0.2) is 0 Å². The van der Waals surface area contributed by atoms with Gasteiger partial charge >= 0.3 is 0 Å². The van der Waals surface area contributed by atoms with Crippen molar-refractivity contribution in [3.8, 4) is 0 Å². The molecule has 2 atom stereocenters. The highest BCUT2D eigenvalue weighted by atomic mass is 16.6. The average molecular weight is 303 g/mol. The highest BCUT2D eigenvalue weighted by Gasteiger charge is 2.31. The van der Waals surface area contributed by atoms with Crippen LogP contribution in [-0.4, -0.2) is 41.9 Å². The molecular weight excluding hydrogens is 282 g/mol. The van der Waals surface area contributed by atoms with Crippen LogP contribution in [0, 0.1) is 28.9 Å². The smallest absolute Gasteiger partial charge is 0.270 e. The lowest BCUT2D eigenvalue weighted by atomic mass is 9.92. The molecule has 1 aromatic carbocycles. The number of non-ortho nitro benzene ring substituents is 1. The fourth-order valence-corrected chi connectivity index (χ4v) is 3.60. The summed E-state index contributed by atoms with van der Waals surface area (Å²) < 4.78 is 0. The lowest BCUT2D eigenvalue weighted by Gasteiger charge is -2.21. The van der Waals surface area contributed by atoms with E-state index in [-0.39, 0.29) is 11.6 Å². The summed E-state index contributed by atoms with van der Waals surface area (Å²) in [5, 5.41) is 14.4. The van der Waals surface area contributed by atoms with Gasteiger partial charge in [0.25, 0.3) is 11.6 Å². The Bertz CT molecular complexity index is 588. The first kappa shape index (κ1) is 15.0. The van der Waals surface area contributed by atoms with Crippen molar-refractivity contribution in [1.29, 1.82) is 0 Å². The number of amides is 1. The number of carbonyl (C=O) groups excluding carboxylic acids is 1. The van der Waals surface area contributed by atoms with Gasteiger partial charge in [0.1, 0.15) is 0 Å². The normalized spacial score (nSPS) is 24.7. The minimum atomic E-state index is -0.442. The Balaban J connectivity index is 1.77. The summed E-state index contributed by atoms with van der Waals surface area (Å²) in [6.45, 7) is 5.35. The molecule has 2 aliphatic heterocycles. The largest absolute Gasteiger partial charge is 0.339 e. The second-order valence-electron chi connectivity index (χ2n) is 6.36. The lowest BCUT2D eigenvalue weighted by Crippen LogP contribution is -2.32. The Morgan fingerprint density at radius 3 is 2.45 bits per heavy atom. The number of carbonyl (C=O) groups is 1. The molecule has 1 aromatic rings. The van der Waals surface area contributed by atoms with Crippen molar-refractivity contribution in [2.45, 2.75) is 19.8 Å². The molecule has 22 heavy (non-hydrogen) atoms. The zero-order valence-electron chi connectivity index (χ0n) is 12.7. The van der Waals surface area contributed by atoms with Crippen LogP contribution in [0.4, 0.5) is 5.69 Å². The molecule has 1 amide bonds. The highest BCUT2D eigenvalue weighted by molar-refractivity contribution is 5.95. The van der Waals surface area contributed by atoms with E-state index < -0.39 is 4.92 Å². The Kier molecular flexibility index (Phi) is 4.11. The number of rotatable bonds is 2. The van der Waals surface area contributed by atoms with Gasteiger partial charge in [-0.3, -0.25) is 14.9 Å². The molecule has 6 nitrogen and oxygen atoms in total. The third-order valence-corrected chi connectivity index (χ3v) is 4.83. The summed E-state index contributed by atoms with van der Waals surface area (Å²) >= 11 is 0. The monoisotopic (exact) mass is 303 g/mol. The van der Waals surface area contributed by atoms with Crippen LogP contribution in [0.1, 0.15) is 28.8 Å². The second kappa shape index (κ2) is 6.04. The number of fused-ring (bicyclic) bond motifs is 1. The summed E-state index contributed by atoms with van der Waals surface area (Å²) in [7, 11) is 0. The predicted molar refractivity (Wildman–Crippen MR) is 82.8 cm³/mol. The number of benzene rings is 1. The van der Waals surface area contributed by atoms with Gasteiger partial charge in [0.2, 0.25) is 0 Å². The van der Waals surface area contributed by atoms with E-state index in [0.717, 1.165) is 44.6 Å². The highest BCUT2D eigenvalue weighted by Crippen LogP contribution is 2.28. The standard InChI is InChI=1S/C16H21N3O3/c1-11-6-14(8-15(7-11)19(21)22)16(20)18-4-2-12-9-17-10-13(12)3-5-18/h6-8,12-13,17H,2-5,9-10H2,1H3/t12-,13+. The van der Waals surface area contributed by atoms with Crippen LogP contribution in [-0.2, 0) is 0 Å². The molecule has 2 saturated heterocycles. The maximum atomic E-state index is 12.7. The molecule has 0 spiro atoms. The summed E-state index contributed by atoms with van der Waals surface area (Å²) in [6.07, 6.45) is 2.02. The number of nitrogens with zero attached hydrogens (tertiary/aromatic N) is 2. The van der Waals surface area contributed by atoms with Crippen LogP contribution in [0.2, 0.25) is 0 Å². The third kappa shape index (κ3) is 2.97. The molecule has 118 valence electrons. The van der Waals surface area contributed by atoms with Gasteiger partial charge in [-0.1, -0.05) is 0 Å². The summed E-state index contributed by atoms with van der Waals surface area (Å²) in [6, 6.07) is 4.63. The zero-order valence-corrected chi connectivity index (χ0v) is 12.7. The van der Waals surface area contributed by atoms with E-state index in [1.165, 1.54) is 12.1 Å². The van der Waals surface area contributed by atoms with E-state index in [4.69, 9.17) is 0 Å². The van der Waals surface area contributed by atoms with Gasteiger partial charge in [-0.05, 0) is 56.3 Å². The van der Waals surface area contributed by atoms with Crippen LogP contribution in [0.3, 0.4) is 0 Å². The molecule has 0 radical (unpaired) electrons. The molecule has 0 saturated carbocycles. The Morgan fingerprint density at radius 1 is 1.23 bits per heavy atom. The van der Waals surface area contributed by atoms with Gasteiger partial charge in [0.15, 0.2) is 0 Å². The molecule has 0 aliphatic carbocycles. The van der Waals surface area contributed by atoms with E-state index in [2.05, 4.69) is 5.32 Å². The van der Waals surface area contributed by atoms with E-state index in [9.17, 15) is 14.9 Å². The number of hydrogen-bond acceptors (Lipinski definition) is 4. The first-order chi connectivity index (χ1) is 10.5. The molecule has 0 bridgehead atoms.